The van der Waals surface area contributed by atoms with Crippen molar-refractivity contribution in [2.24, 2.45) is 0 Å². The van der Waals surface area contributed by atoms with Crippen molar-refractivity contribution in [1.82, 2.24) is 5.32 Å². The standard InChI is InChI=1S/C16H19BrN2OS2/c1-12-10-13(5-6-15(12)17)19-16(21)18-7-3-9-22-11-14-4-2-8-20-14/h2,4-6,8,10H,3,7,9,11H2,1H3,(H2,18,19,21). The lowest BCUT2D eigenvalue weighted by Crippen LogP contribution is -2.29. The Morgan fingerprint density at radius 3 is 2.95 bits per heavy atom. The predicted molar refractivity (Wildman–Crippen MR) is 103 cm³/mol. The molecule has 0 spiro atoms. The molecule has 1 heterocycles. The van der Waals surface area contributed by atoms with Crippen LogP contribution in [0.4, 0.5) is 5.69 Å². The molecule has 0 bridgehead atoms. The lowest BCUT2D eigenvalue weighted by atomic mass is 10.2. The second-order valence-electron chi connectivity index (χ2n) is 4.83. The zero-order valence-corrected chi connectivity index (χ0v) is 15.6. The Balaban J connectivity index is 1.58. The molecule has 118 valence electrons. The number of hydrogen-bond acceptors (Lipinski definition) is 3. The van der Waals surface area contributed by atoms with Gasteiger partial charge in [0.05, 0.1) is 12.0 Å². The average molecular weight is 399 g/mol. The van der Waals surface area contributed by atoms with Gasteiger partial charge in [-0.1, -0.05) is 15.9 Å². The minimum absolute atomic E-state index is 0.665. The van der Waals surface area contributed by atoms with Crippen LogP contribution in [0, 0.1) is 6.92 Å². The summed E-state index contributed by atoms with van der Waals surface area (Å²) in [7, 11) is 0. The molecule has 1 aromatic carbocycles. The zero-order valence-electron chi connectivity index (χ0n) is 12.4. The zero-order chi connectivity index (χ0) is 15.8. The maximum Gasteiger partial charge on any atom is 0.170 e. The van der Waals surface area contributed by atoms with Gasteiger partial charge in [0.25, 0.3) is 0 Å². The van der Waals surface area contributed by atoms with Crippen LogP contribution in [-0.4, -0.2) is 17.4 Å². The summed E-state index contributed by atoms with van der Waals surface area (Å²) in [6.45, 7) is 2.93. The van der Waals surface area contributed by atoms with Gasteiger partial charge in [-0.2, -0.15) is 11.8 Å². The average Bonchev–Trinajstić information content (AvgIpc) is 3.00. The molecule has 22 heavy (non-hydrogen) atoms. The molecule has 6 heteroatoms. The van der Waals surface area contributed by atoms with Crippen LogP contribution in [0.2, 0.25) is 0 Å². The smallest absolute Gasteiger partial charge is 0.170 e. The van der Waals surface area contributed by atoms with Crippen LogP contribution in [0.1, 0.15) is 17.7 Å². The fourth-order valence-electron chi connectivity index (χ4n) is 1.84. The van der Waals surface area contributed by atoms with E-state index in [-0.39, 0.29) is 0 Å². The summed E-state index contributed by atoms with van der Waals surface area (Å²) in [6, 6.07) is 10.0. The molecular formula is C16H19BrN2OS2. The molecule has 2 rings (SSSR count). The Labute approximate surface area is 149 Å². The Hall–Kier alpha value is -0.980. The van der Waals surface area contributed by atoms with Crippen molar-refractivity contribution in [3.05, 3.63) is 52.4 Å². The van der Waals surface area contributed by atoms with E-state index in [0.717, 1.165) is 40.4 Å². The Morgan fingerprint density at radius 1 is 1.36 bits per heavy atom. The molecule has 0 saturated carbocycles. The second-order valence-corrected chi connectivity index (χ2v) is 7.20. The molecule has 0 aliphatic heterocycles. The van der Waals surface area contributed by atoms with Crippen molar-refractivity contribution in [3.8, 4) is 0 Å². The maximum atomic E-state index is 5.30. The first kappa shape index (κ1) is 17.4. The van der Waals surface area contributed by atoms with Gasteiger partial charge in [0.15, 0.2) is 5.11 Å². The number of thiocarbonyl (C=S) groups is 1. The van der Waals surface area contributed by atoms with Crippen LogP contribution >= 0.6 is 39.9 Å². The van der Waals surface area contributed by atoms with E-state index in [0.29, 0.717) is 5.11 Å². The summed E-state index contributed by atoms with van der Waals surface area (Å²) >= 11 is 10.7. The maximum absolute atomic E-state index is 5.30. The fourth-order valence-corrected chi connectivity index (χ4v) is 3.17. The number of hydrogen-bond donors (Lipinski definition) is 2. The van der Waals surface area contributed by atoms with Gasteiger partial charge in [-0.05, 0) is 67.2 Å². The van der Waals surface area contributed by atoms with E-state index in [9.17, 15) is 0 Å². The van der Waals surface area contributed by atoms with E-state index in [2.05, 4.69) is 39.6 Å². The Kier molecular flexibility index (Phi) is 7.29. The summed E-state index contributed by atoms with van der Waals surface area (Å²) in [6.07, 6.45) is 2.78. The molecule has 0 amide bonds. The fraction of sp³-hybridized carbons (Fsp3) is 0.312. The molecule has 0 saturated heterocycles. The van der Waals surface area contributed by atoms with Crippen molar-refractivity contribution in [2.45, 2.75) is 19.1 Å². The molecule has 0 aliphatic carbocycles. The molecule has 0 fully saturated rings. The highest BCUT2D eigenvalue weighted by atomic mass is 79.9. The lowest BCUT2D eigenvalue weighted by Gasteiger charge is -2.11. The molecule has 0 radical (unpaired) electrons. The third-order valence-electron chi connectivity index (χ3n) is 2.99. The summed E-state index contributed by atoms with van der Waals surface area (Å²) in [4.78, 5) is 0. The minimum atomic E-state index is 0.665. The van der Waals surface area contributed by atoms with E-state index < -0.39 is 0 Å². The minimum Gasteiger partial charge on any atom is -0.468 e. The Bertz CT molecular complexity index is 602. The van der Waals surface area contributed by atoms with E-state index in [4.69, 9.17) is 16.6 Å². The molecular weight excluding hydrogens is 380 g/mol. The van der Waals surface area contributed by atoms with Crippen LogP contribution in [-0.2, 0) is 5.75 Å². The van der Waals surface area contributed by atoms with Crippen molar-refractivity contribution >= 4 is 50.7 Å². The van der Waals surface area contributed by atoms with Gasteiger partial charge in [0, 0.05) is 16.7 Å². The number of aryl methyl sites for hydroxylation is 1. The molecule has 3 nitrogen and oxygen atoms in total. The molecule has 0 atom stereocenters. The second kappa shape index (κ2) is 9.22. The third-order valence-corrected chi connectivity index (χ3v) is 5.19. The van der Waals surface area contributed by atoms with Gasteiger partial charge in [-0.3, -0.25) is 0 Å². The molecule has 1 aromatic heterocycles. The number of nitrogens with one attached hydrogen (secondary N) is 2. The van der Waals surface area contributed by atoms with E-state index in [1.807, 2.05) is 36.0 Å². The van der Waals surface area contributed by atoms with Crippen molar-refractivity contribution in [3.63, 3.8) is 0 Å². The predicted octanol–water partition coefficient (Wildman–Crippen LogP) is 4.96. The van der Waals surface area contributed by atoms with Gasteiger partial charge in [-0.25, -0.2) is 0 Å². The monoisotopic (exact) mass is 398 g/mol. The number of thioether (sulfide) groups is 1. The van der Waals surface area contributed by atoms with Gasteiger partial charge in [0.2, 0.25) is 0 Å². The van der Waals surface area contributed by atoms with Crippen LogP contribution < -0.4 is 10.6 Å². The summed E-state index contributed by atoms with van der Waals surface area (Å²) < 4.78 is 6.39. The van der Waals surface area contributed by atoms with Crippen molar-refractivity contribution < 1.29 is 4.42 Å². The van der Waals surface area contributed by atoms with E-state index in [1.54, 1.807) is 6.26 Å². The highest BCUT2D eigenvalue weighted by Gasteiger charge is 2.00. The van der Waals surface area contributed by atoms with Gasteiger partial charge >= 0.3 is 0 Å². The Morgan fingerprint density at radius 2 is 2.23 bits per heavy atom. The van der Waals surface area contributed by atoms with Gasteiger partial charge in [-0.15, -0.1) is 0 Å². The highest BCUT2D eigenvalue weighted by Crippen LogP contribution is 2.19. The molecule has 2 N–H and O–H groups in total. The third kappa shape index (κ3) is 6.02. The highest BCUT2D eigenvalue weighted by molar-refractivity contribution is 9.10. The van der Waals surface area contributed by atoms with Crippen LogP contribution in [0.3, 0.4) is 0 Å². The normalized spacial score (nSPS) is 10.5. The number of furan rings is 1. The first-order valence-corrected chi connectivity index (χ1v) is 9.42. The molecule has 0 unspecified atom stereocenters. The van der Waals surface area contributed by atoms with Crippen molar-refractivity contribution in [2.75, 3.05) is 17.6 Å². The molecule has 2 aromatic rings. The van der Waals surface area contributed by atoms with E-state index >= 15 is 0 Å². The van der Waals surface area contributed by atoms with Crippen LogP contribution in [0.25, 0.3) is 0 Å². The molecule has 0 aliphatic rings. The summed E-state index contributed by atoms with van der Waals surface area (Å²) in [5.74, 6) is 3.03. The van der Waals surface area contributed by atoms with Crippen molar-refractivity contribution in [1.29, 1.82) is 0 Å². The SMILES string of the molecule is Cc1cc(NC(=S)NCCCSCc2ccco2)ccc1Br. The number of anilines is 1. The number of benzene rings is 1. The van der Waals surface area contributed by atoms with Crippen LogP contribution in [0.5, 0.6) is 0 Å². The quantitative estimate of drug-likeness (QED) is 0.509. The summed E-state index contributed by atoms with van der Waals surface area (Å²) in [5.41, 5.74) is 2.19. The van der Waals surface area contributed by atoms with E-state index in [1.165, 1.54) is 5.56 Å². The van der Waals surface area contributed by atoms with Gasteiger partial charge in [0.1, 0.15) is 5.76 Å². The summed E-state index contributed by atoms with van der Waals surface area (Å²) in [5, 5.41) is 7.10. The first-order valence-electron chi connectivity index (χ1n) is 7.06. The van der Waals surface area contributed by atoms with Gasteiger partial charge < -0.3 is 15.1 Å². The van der Waals surface area contributed by atoms with Crippen LogP contribution in [0.15, 0.2) is 45.5 Å². The largest absolute Gasteiger partial charge is 0.468 e. The topological polar surface area (TPSA) is 37.2 Å². The lowest BCUT2D eigenvalue weighted by molar-refractivity contribution is 0.530. The first-order chi connectivity index (χ1) is 10.6. The number of rotatable bonds is 7. The number of halogens is 1.